The van der Waals surface area contributed by atoms with Crippen molar-refractivity contribution in [1.29, 1.82) is 0 Å². The summed E-state index contributed by atoms with van der Waals surface area (Å²) >= 11 is 0. The summed E-state index contributed by atoms with van der Waals surface area (Å²) in [6, 6.07) is -0.296. The van der Waals surface area contributed by atoms with Crippen LogP contribution < -0.4 is 5.32 Å². The quantitative estimate of drug-likeness (QED) is 0.693. The molecule has 1 fully saturated rings. The van der Waals surface area contributed by atoms with E-state index < -0.39 is 0 Å². The van der Waals surface area contributed by atoms with Crippen molar-refractivity contribution in [3.63, 3.8) is 0 Å². The number of rotatable bonds is 5. The first-order valence-corrected chi connectivity index (χ1v) is 6.06. The lowest BCUT2D eigenvalue weighted by atomic mass is 9.74. The summed E-state index contributed by atoms with van der Waals surface area (Å²) in [5.41, 5.74) is -0.0273. The van der Waals surface area contributed by atoms with Gasteiger partial charge in [0.2, 0.25) is 0 Å². The number of hydrogen-bond donors (Lipinski definition) is 2. The molecule has 1 aliphatic carbocycles. The van der Waals surface area contributed by atoms with Gasteiger partial charge in [-0.05, 0) is 19.8 Å². The number of aliphatic hydroxyl groups excluding tert-OH is 1. The average molecular weight is 229 g/mol. The van der Waals surface area contributed by atoms with E-state index in [9.17, 15) is 9.90 Å². The van der Waals surface area contributed by atoms with E-state index in [1.54, 1.807) is 6.92 Å². The highest BCUT2D eigenvalue weighted by Crippen LogP contribution is 2.35. The first kappa shape index (κ1) is 13.5. The molecule has 0 aliphatic heterocycles. The van der Waals surface area contributed by atoms with Gasteiger partial charge in [0, 0.05) is 18.6 Å². The van der Waals surface area contributed by atoms with Crippen molar-refractivity contribution in [2.45, 2.75) is 45.1 Å². The van der Waals surface area contributed by atoms with Crippen LogP contribution in [0.4, 0.5) is 0 Å². The van der Waals surface area contributed by atoms with Gasteiger partial charge in [0.1, 0.15) is 6.04 Å². The molecule has 0 heterocycles. The minimum Gasteiger partial charge on any atom is -0.468 e. The fourth-order valence-corrected chi connectivity index (χ4v) is 2.32. The SMILES string of the molecule is COC(=O)C(C)NCC1(CO)CCCCC1. The molecule has 1 saturated carbocycles. The zero-order valence-electron chi connectivity index (χ0n) is 10.3. The molecule has 4 nitrogen and oxygen atoms in total. The van der Waals surface area contributed by atoms with Crippen LogP contribution in [0.1, 0.15) is 39.0 Å². The topological polar surface area (TPSA) is 58.6 Å². The molecular weight excluding hydrogens is 206 g/mol. The number of aliphatic hydroxyl groups is 1. The Kier molecular flexibility index (Phi) is 5.22. The maximum atomic E-state index is 11.2. The van der Waals surface area contributed by atoms with E-state index in [0.29, 0.717) is 6.54 Å². The Morgan fingerprint density at radius 3 is 2.56 bits per heavy atom. The van der Waals surface area contributed by atoms with Gasteiger partial charge in [0.15, 0.2) is 0 Å². The third kappa shape index (κ3) is 3.46. The third-order valence-corrected chi connectivity index (χ3v) is 3.59. The summed E-state index contributed by atoms with van der Waals surface area (Å²) in [4.78, 5) is 11.2. The van der Waals surface area contributed by atoms with Crippen LogP contribution in [0.25, 0.3) is 0 Å². The summed E-state index contributed by atoms with van der Waals surface area (Å²) in [5, 5.41) is 12.7. The number of carbonyl (C=O) groups excluding carboxylic acids is 1. The van der Waals surface area contributed by atoms with Crippen LogP contribution in [-0.2, 0) is 9.53 Å². The van der Waals surface area contributed by atoms with Crippen molar-refractivity contribution in [3.05, 3.63) is 0 Å². The molecule has 0 amide bonds. The van der Waals surface area contributed by atoms with Crippen LogP contribution in [0.5, 0.6) is 0 Å². The normalized spacial score (nSPS) is 21.4. The molecule has 1 rings (SSSR count). The maximum absolute atomic E-state index is 11.2. The van der Waals surface area contributed by atoms with Gasteiger partial charge < -0.3 is 15.2 Å². The van der Waals surface area contributed by atoms with Crippen molar-refractivity contribution in [2.75, 3.05) is 20.3 Å². The van der Waals surface area contributed by atoms with Gasteiger partial charge in [0.25, 0.3) is 0 Å². The minimum atomic E-state index is -0.296. The van der Waals surface area contributed by atoms with Crippen molar-refractivity contribution in [3.8, 4) is 0 Å². The Balaban J connectivity index is 2.41. The van der Waals surface area contributed by atoms with Gasteiger partial charge in [-0.25, -0.2) is 0 Å². The average Bonchev–Trinajstić information content (AvgIpc) is 2.36. The van der Waals surface area contributed by atoms with Gasteiger partial charge in [-0.2, -0.15) is 0 Å². The van der Waals surface area contributed by atoms with Gasteiger partial charge in [0.05, 0.1) is 7.11 Å². The summed E-state index contributed by atoms with van der Waals surface area (Å²) in [5.74, 6) is -0.246. The van der Waals surface area contributed by atoms with E-state index in [-0.39, 0.29) is 24.0 Å². The zero-order valence-corrected chi connectivity index (χ0v) is 10.3. The Bertz CT molecular complexity index is 224. The Hall–Kier alpha value is -0.610. The smallest absolute Gasteiger partial charge is 0.322 e. The van der Waals surface area contributed by atoms with Gasteiger partial charge in [-0.3, -0.25) is 4.79 Å². The van der Waals surface area contributed by atoms with E-state index in [2.05, 4.69) is 10.1 Å². The molecule has 0 spiro atoms. The fourth-order valence-electron chi connectivity index (χ4n) is 2.32. The summed E-state index contributed by atoms with van der Waals surface area (Å²) in [7, 11) is 1.39. The molecule has 16 heavy (non-hydrogen) atoms. The molecule has 0 aromatic rings. The molecular formula is C12H23NO3. The number of nitrogens with one attached hydrogen (secondary N) is 1. The molecule has 2 N–H and O–H groups in total. The van der Waals surface area contributed by atoms with Gasteiger partial charge >= 0.3 is 5.97 Å². The minimum absolute atomic E-state index is 0.0273. The van der Waals surface area contributed by atoms with Crippen molar-refractivity contribution in [1.82, 2.24) is 5.32 Å². The Labute approximate surface area is 97.4 Å². The molecule has 0 saturated heterocycles. The second kappa shape index (κ2) is 6.21. The number of hydrogen-bond acceptors (Lipinski definition) is 4. The highest BCUT2D eigenvalue weighted by Gasteiger charge is 2.32. The summed E-state index contributed by atoms with van der Waals surface area (Å²) < 4.78 is 4.65. The van der Waals surface area contributed by atoms with Crippen LogP contribution in [0.3, 0.4) is 0 Å². The Morgan fingerprint density at radius 1 is 1.44 bits per heavy atom. The highest BCUT2D eigenvalue weighted by atomic mass is 16.5. The van der Waals surface area contributed by atoms with Gasteiger partial charge in [-0.15, -0.1) is 0 Å². The molecule has 4 heteroatoms. The monoisotopic (exact) mass is 229 g/mol. The fraction of sp³-hybridized carbons (Fsp3) is 0.917. The summed E-state index contributed by atoms with van der Waals surface area (Å²) in [6.07, 6.45) is 5.70. The van der Waals surface area contributed by atoms with E-state index in [1.807, 2.05) is 0 Å². The second-order valence-electron chi connectivity index (χ2n) is 4.84. The van der Waals surface area contributed by atoms with E-state index in [0.717, 1.165) is 12.8 Å². The van der Waals surface area contributed by atoms with Gasteiger partial charge in [-0.1, -0.05) is 19.3 Å². The molecule has 0 radical (unpaired) electrons. The lowest BCUT2D eigenvalue weighted by Gasteiger charge is -2.36. The van der Waals surface area contributed by atoms with E-state index in [1.165, 1.54) is 26.4 Å². The van der Waals surface area contributed by atoms with Crippen LogP contribution in [-0.4, -0.2) is 37.4 Å². The largest absolute Gasteiger partial charge is 0.468 e. The van der Waals surface area contributed by atoms with E-state index >= 15 is 0 Å². The van der Waals surface area contributed by atoms with Crippen molar-refractivity contribution in [2.24, 2.45) is 5.41 Å². The maximum Gasteiger partial charge on any atom is 0.322 e. The molecule has 1 atom stereocenters. The number of carbonyl (C=O) groups is 1. The first-order chi connectivity index (χ1) is 7.63. The second-order valence-corrected chi connectivity index (χ2v) is 4.84. The lowest BCUT2D eigenvalue weighted by molar-refractivity contribution is -0.142. The van der Waals surface area contributed by atoms with Crippen molar-refractivity contribution >= 4 is 5.97 Å². The van der Waals surface area contributed by atoms with Crippen LogP contribution in [0.2, 0.25) is 0 Å². The van der Waals surface area contributed by atoms with E-state index in [4.69, 9.17) is 0 Å². The molecule has 1 aliphatic rings. The van der Waals surface area contributed by atoms with Crippen LogP contribution in [0.15, 0.2) is 0 Å². The molecule has 94 valence electrons. The lowest BCUT2D eigenvalue weighted by Crippen LogP contribution is -2.45. The molecule has 1 unspecified atom stereocenters. The molecule has 0 bridgehead atoms. The van der Waals surface area contributed by atoms with Crippen LogP contribution >= 0.6 is 0 Å². The number of ether oxygens (including phenoxy) is 1. The first-order valence-electron chi connectivity index (χ1n) is 6.06. The molecule has 0 aromatic carbocycles. The third-order valence-electron chi connectivity index (χ3n) is 3.59. The zero-order chi connectivity index (χ0) is 12.0. The summed E-state index contributed by atoms with van der Waals surface area (Å²) in [6.45, 7) is 2.69. The highest BCUT2D eigenvalue weighted by molar-refractivity contribution is 5.75. The standard InChI is InChI=1S/C12H23NO3/c1-10(11(15)16-2)13-8-12(9-14)6-4-3-5-7-12/h10,13-14H,3-9H2,1-2H3. The Morgan fingerprint density at radius 2 is 2.06 bits per heavy atom. The number of methoxy groups -OCH3 is 1. The predicted octanol–water partition coefficient (Wildman–Crippen LogP) is 1.08. The van der Waals surface area contributed by atoms with Crippen molar-refractivity contribution < 1.29 is 14.6 Å². The van der Waals surface area contributed by atoms with Crippen LogP contribution in [0, 0.1) is 5.41 Å². The number of esters is 1. The predicted molar refractivity (Wildman–Crippen MR) is 62.1 cm³/mol. The molecule has 0 aromatic heterocycles.